The van der Waals surface area contributed by atoms with E-state index < -0.39 is 5.97 Å². The lowest BCUT2D eigenvalue weighted by atomic mass is 9.98. The molecule has 1 aliphatic rings. The third kappa shape index (κ3) is 6.72. The summed E-state index contributed by atoms with van der Waals surface area (Å²) in [5.74, 6) is -0.829. The van der Waals surface area contributed by atoms with Crippen LogP contribution in [0.15, 0.2) is 46.9 Å². The first-order valence-corrected chi connectivity index (χ1v) is 15.3. The summed E-state index contributed by atoms with van der Waals surface area (Å²) in [4.78, 5) is 44.0. The summed E-state index contributed by atoms with van der Waals surface area (Å²) >= 11 is 3.62. The zero-order valence-electron chi connectivity index (χ0n) is 24.4. The van der Waals surface area contributed by atoms with E-state index in [2.05, 4.69) is 35.8 Å². The van der Waals surface area contributed by atoms with Gasteiger partial charge in [0.2, 0.25) is 0 Å². The SMILES string of the molecule is CCCCN(CCCC)C(=O)c1nn(-c2ccc(C(=O)OCC)cc2C(=O)N2CCc3ccccc3C2)c(C)c1Br. The van der Waals surface area contributed by atoms with Gasteiger partial charge in [-0.25, -0.2) is 9.48 Å². The van der Waals surface area contributed by atoms with E-state index in [1.165, 1.54) is 5.56 Å². The lowest BCUT2D eigenvalue weighted by molar-refractivity contribution is 0.0526. The largest absolute Gasteiger partial charge is 0.462 e. The van der Waals surface area contributed by atoms with Gasteiger partial charge >= 0.3 is 5.97 Å². The third-order valence-electron chi connectivity index (χ3n) is 7.48. The number of rotatable bonds is 11. The maximum Gasteiger partial charge on any atom is 0.338 e. The summed E-state index contributed by atoms with van der Waals surface area (Å²) in [6.45, 7) is 10.4. The number of hydrogen-bond acceptors (Lipinski definition) is 5. The van der Waals surface area contributed by atoms with E-state index in [9.17, 15) is 14.4 Å². The first-order chi connectivity index (χ1) is 19.8. The first kappa shape index (κ1) is 30.5. The van der Waals surface area contributed by atoms with Crippen molar-refractivity contribution in [2.45, 2.75) is 66.3 Å². The molecule has 218 valence electrons. The second kappa shape index (κ2) is 13.9. The van der Waals surface area contributed by atoms with Crippen LogP contribution < -0.4 is 0 Å². The lowest BCUT2D eigenvalue weighted by Crippen LogP contribution is -2.36. The van der Waals surface area contributed by atoms with Crippen LogP contribution in [-0.2, 0) is 17.7 Å². The molecule has 41 heavy (non-hydrogen) atoms. The molecule has 2 amide bonds. The number of benzene rings is 2. The van der Waals surface area contributed by atoms with Gasteiger partial charge in [0.1, 0.15) is 0 Å². The molecule has 0 saturated heterocycles. The number of fused-ring (bicyclic) bond motifs is 1. The van der Waals surface area contributed by atoms with Gasteiger partial charge in [-0.1, -0.05) is 51.0 Å². The Morgan fingerprint density at radius 2 is 1.68 bits per heavy atom. The highest BCUT2D eigenvalue weighted by molar-refractivity contribution is 9.10. The molecule has 0 saturated carbocycles. The monoisotopic (exact) mass is 622 g/mol. The average Bonchev–Trinajstić information content (AvgIpc) is 3.29. The van der Waals surface area contributed by atoms with Gasteiger partial charge in [-0.05, 0) is 78.4 Å². The van der Waals surface area contributed by atoms with Gasteiger partial charge in [0.25, 0.3) is 11.8 Å². The van der Waals surface area contributed by atoms with Crippen LogP contribution >= 0.6 is 15.9 Å². The minimum Gasteiger partial charge on any atom is -0.462 e. The maximum atomic E-state index is 14.1. The van der Waals surface area contributed by atoms with E-state index in [-0.39, 0.29) is 18.4 Å². The molecule has 0 N–H and O–H groups in total. The molecule has 0 bridgehead atoms. The summed E-state index contributed by atoms with van der Waals surface area (Å²) in [7, 11) is 0. The van der Waals surface area contributed by atoms with Crippen molar-refractivity contribution in [3.05, 3.63) is 80.6 Å². The van der Waals surface area contributed by atoms with Gasteiger partial charge in [-0.3, -0.25) is 9.59 Å². The van der Waals surface area contributed by atoms with Crippen LogP contribution in [0.4, 0.5) is 0 Å². The molecule has 0 unspecified atom stereocenters. The highest BCUT2D eigenvalue weighted by atomic mass is 79.9. The molecule has 1 aromatic heterocycles. The van der Waals surface area contributed by atoms with Crippen LogP contribution in [0.3, 0.4) is 0 Å². The van der Waals surface area contributed by atoms with Crippen molar-refractivity contribution in [1.29, 1.82) is 0 Å². The molecule has 0 spiro atoms. The van der Waals surface area contributed by atoms with Crippen molar-refractivity contribution in [1.82, 2.24) is 19.6 Å². The molecular formula is C32H39BrN4O4. The smallest absolute Gasteiger partial charge is 0.338 e. The minimum absolute atomic E-state index is 0.135. The number of nitrogens with zero attached hydrogens (tertiary/aromatic N) is 4. The number of unbranched alkanes of at least 4 members (excludes halogenated alkanes) is 2. The van der Waals surface area contributed by atoms with Gasteiger partial charge in [-0.15, -0.1) is 0 Å². The first-order valence-electron chi connectivity index (χ1n) is 14.5. The predicted octanol–water partition coefficient (Wildman–Crippen LogP) is 6.36. The Kier molecular flexibility index (Phi) is 10.4. The van der Waals surface area contributed by atoms with E-state index in [0.717, 1.165) is 37.7 Å². The average molecular weight is 624 g/mol. The Balaban J connectivity index is 1.75. The second-order valence-electron chi connectivity index (χ2n) is 10.4. The van der Waals surface area contributed by atoms with Crippen LogP contribution in [0.25, 0.3) is 5.69 Å². The molecule has 3 aromatic rings. The Morgan fingerprint density at radius 1 is 1.00 bits per heavy atom. The van der Waals surface area contributed by atoms with E-state index in [4.69, 9.17) is 9.84 Å². The van der Waals surface area contributed by atoms with Crippen molar-refractivity contribution in [3.8, 4) is 5.69 Å². The molecule has 0 aliphatic carbocycles. The number of esters is 1. The Hall–Kier alpha value is -3.46. The fourth-order valence-electron chi connectivity index (χ4n) is 5.09. The Bertz CT molecular complexity index is 1410. The topological polar surface area (TPSA) is 84.7 Å². The second-order valence-corrected chi connectivity index (χ2v) is 11.1. The number of aromatic nitrogens is 2. The van der Waals surface area contributed by atoms with Crippen molar-refractivity contribution in [2.75, 3.05) is 26.2 Å². The van der Waals surface area contributed by atoms with Crippen molar-refractivity contribution in [2.24, 2.45) is 0 Å². The van der Waals surface area contributed by atoms with Crippen molar-refractivity contribution in [3.63, 3.8) is 0 Å². The highest BCUT2D eigenvalue weighted by Gasteiger charge is 2.29. The third-order valence-corrected chi connectivity index (χ3v) is 8.43. The van der Waals surface area contributed by atoms with Crippen LogP contribution in [0.5, 0.6) is 0 Å². The van der Waals surface area contributed by atoms with Crippen molar-refractivity contribution < 1.29 is 19.1 Å². The molecular weight excluding hydrogens is 584 g/mol. The fourth-order valence-corrected chi connectivity index (χ4v) is 5.51. The molecule has 2 heterocycles. The molecule has 2 aromatic carbocycles. The van der Waals surface area contributed by atoms with Gasteiger partial charge in [0.15, 0.2) is 5.69 Å². The summed E-state index contributed by atoms with van der Waals surface area (Å²) in [6, 6.07) is 13.1. The highest BCUT2D eigenvalue weighted by Crippen LogP contribution is 2.29. The zero-order chi connectivity index (χ0) is 29.5. The van der Waals surface area contributed by atoms with E-state index in [0.29, 0.717) is 58.9 Å². The normalized spacial score (nSPS) is 12.7. The number of amides is 2. The van der Waals surface area contributed by atoms with E-state index in [1.807, 2.05) is 30.0 Å². The van der Waals surface area contributed by atoms with Crippen molar-refractivity contribution >= 4 is 33.7 Å². The Morgan fingerprint density at radius 3 is 2.34 bits per heavy atom. The number of carbonyl (C=O) groups is 3. The van der Waals surface area contributed by atoms with Gasteiger partial charge < -0.3 is 14.5 Å². The lowest BCUT2D eigenvalue weighted by Gasteiger charge is -2.29. The standard InChI is InChI=1S/C32H39BrN4O4/c1-5-8-17-35(18-9-6-2)31(39)29-28(33)22(4)37(34-29)27-15-14-24(32(40)41-7-3)20-26(27)30(38)36-19-16-23-12-10-11-13-25(23)21-36/h10-15,20H,5-9,16-19,21H2,1-4H3. The van der Waals surface area contributed by atoms with Crippen LogP contribution in [0.1, 0.15) is 94.5 Å². The number of hydrogen-bond donors (Lipinski definition) is 0. The van der Waals surface area contributed by atoms with Crippen LogP contribution in [0, 0.1) is 6.92 Å². The molecule has 0 fully saturated rings. The van der Waals surface area contributed by atoms with Gasteiger partial charge in [0.05, 0.1) is 33.6 Å². The molecule has 1 aliphatic heterocycles. The zero-order valence-corrected chi connectivity index (χ0v) is 26.0. The summed E-state index contributed by atoms with van der Waals surface area (Å²) < 4.78 is 7.46. The van der Waals surface area contributed by atoms with E-state index in [1.54, 1.807) is 34.7 Å². The summed E-state index contributed by atoms with van der Waals surface area (Å²) in [5, 5.41) is 4.74. The van der Waals surface area contributed by atoms with E-state index >= 15 is 0 Å². The molecule has 4 rings (SSSR count). The quantitative estimate of drug-likeness (QED) is 0.232. The number of carbonyl (C=O) groups excluding carboxylic acids is 3. The number of ether oxygens (including phenoxy) is 1. The molecule has 8 nitrogen and oxygen atoms in total. The molecule has 9 heteroatoms. The molecule has 0 atom stereocenters. The summed E-state index contributed by atoms with van der Waals surface area (Å²) in [5.41, 5.74) is 4.49. The van der Waals surface area contributed by atoms with Gasteiger partial charge in [0, 0.05) is 26.2 Å². The predicted molar refractivity (Wildman–Crippen MR) is 163 cm³/mol. The Labute approximate surface area is 250 Å². The van der Waals surface area contributed by atoms with Gasteiger partial charge in [-0.2, -0.15) is 5.10 Å². The van der Waals surface area contributed by atoms with Crippen LogP contribution in [-0.4, -0.2) is 63.6 Å². The minimum atomic E-state index is -0.492. The van der Waals surface area contributed by atoms with Crippen LogP contribution in [0.2, 0.25) is 0 Å². The fraction of sp³-hybridized carbons (Fsp3) is 0.438. The maximum absolute atomic E-state index is 14.1. The summed E-state index contributed by atoms with van der Waals surface area (Å²) in [6.07, 6.45) is 4.57. The molecule has 0 radical (unpaired) electrons. The number of halogens is 1.